The molecule has 2 fully saturated rings. The number of fused-ring (bicyclic) bond motifs is 1. The van der Waals surface area contributed by atoms with E-state index in [9.17, 15) is 4.79 Å². The molecule has 0 aromatic rings. The van der Waals surface area contributed by atoms with Gasteiger partial charge in [-0.1, -0.05) is 6.92 Å². The first-order valence-corrected chi connectivity index (χ1v) is 5.94. The van der Waals surface area contributed by atoms with Gasteiger partial charge in [-0.2, -0.15) is 0 Å². The molecule has 1 amide bonds. The summed E-state index contributed by atoms with van der Waals surface area (Å²) in [5, 5.41) is 2.97. The fourth-order valence-electron chi connectivity index (χ4n) is 2.74. The highest BCUT2D eigenvalue weighted by Crippen LogP contribution is 2.27. The van der Waals surface area contributed by atoms with Crippen molar-refractivity contribution in [2.45, 2.75) is 25.8 Å². The lowest BCUT2D eigenvalue weighted by atomic mass is 9.91. The van der Waals surface area contributed by atoms with Crippen LogP contribution >= 0.6 is 0 Å². The summed E-state index contributed by atoms with van der Waals surface area (Å²) in [6.45, 7) is 5.90. The molecule has 0 aliphatic carbocycles. The smallest absolute Gasteiger partial charge is 0.224 e. The minimum atomic E-state index is 0.240. The van der Waals surface area contributed by atoms with Crippen LogP contribution in [0.25, 0.3) is 0 Å². The van der Waals surface area contributed by atoms with Crippen LogP contribution in [-0.2, 0) is 4.79 Å². The van der Waals surface area contributed by atoms with Crippen LogP contribution in [0.1, 0.15) is 19.8 Å². The number of hydrogen-bond acceptors (Lipinski definition) is 3. The third kappa shape index (κ3) is 2.16. The Morgan fingerprint density at radius 1 is 1.67 bits per heavy atom. The van der Waals surface area contributed by atoms with Gasteiger partial charge in [-0.3, -0.25) is 9.69 Å². The first-order valence-electron chi connectivity index (χ1n) is 5.94. The van der Waals surface area contributed by atoms with Gasteiger partial charge in [0.15, 0.2) is 0 Å². The Kier molecular flexibility index (Phi) is 3.26. The SMILES string of the molecule is CC(CN)CN1CCCC2C(=O)NCC21. The zero-order valence-electron chi connectivity index (χ0n) is 9.41. The zero-order valence-corrected chi connectivity index (χ0v) is 9.41. The molecule has 0 aromatic carbocycles. The highest BCUT2D eigenvalue weighted by molar-refractivity contribution is 5.82. The molecule has 0 radical (unpaired) electrons. The molecule has 2 saturated heterocycles. The van der Waals surface area contributed by atoms with Crippen LogP contribution in [0.15, 0.2) is 0 Å². The molecule has 0 aromatic heterocycles. The maximum absolute atomic E-state index is 11.5. The van der Waals surface area contributed by atoms with Crippen molar-refractivity contribution in [3.8, 4) is 0 Å². The number of hydrogen-bond donors (Lipinski definition) is 2. The first kappa shape index (κ1) is 10.9. The number of nitrogens with two attached hydrogens (primary N) is 1. The summed E-state index contributed by atoms with van der Waals surface area (Å²) in [7, 11) is 0. The van der Waals surface area contributed by atoms with Crippen molar-refractivity contribution in [1.82, 2.24) is 10.2 Å². The molecule has 2 heterocycles. The van der Waals surface area contributed by atoms with Gasteiger partial charge in [0.2, 0.25) is 5.91 Å². The van der Waals surface area contributed by atoms with E-state index in [2.05, 4.69) is 17.1 Å². The van der Waals surface area contributed by atoms with Crippen LogP contribution in [0.4, 0.5) is 0 Å². The predicted molar refractivity (Wildman–Crippen MR) is 59.3 cm³/mol. The van der Waals surface area contributed by atoms with Crippen LogP contribution in [-0.4, -0.2) is 43.0 Å². The van der Waals surface area contributed by atoms with Crippen molar-refractivity contribution < 1.29 is 4.79 Å². The lowest BCUT2D eigenvalue weighted by Gasteiger charge is -2.37. The van der Waals surface area contributed by atoms with Crippen molar-refractivity contribution in [1.29, 1.82) is 0 Å². The second-order valence-corrected chi connectivity index (χ2v) is 4.90. The molecule has 3 atom stereocenters. The molecule has 2 rings (SSSR count). The second kappa shape index (κ2) is 4.49. The van der Waals surface area contributed by atoms with Gasteiger partial charge in [0, 0.05) is 19.1 Å². The molecule has 0 bridgehead atoms. The number of likely N-dealkylation sites (tertiary alicyclic amines) is 1. The summed E-state index contributed by atoms with van der Waals surface area (Å²) < 4.78 is 0. The lowest BCUT2D eigenvalue weighted by molar-refractivity contribution is -0.124. The summed E-state index contributed by atoms with van der Waals surface area (Å²) >= 11 is 0. The van der Waals surface area contributed by atoms with Crippen LogP contribution in [0.5, 0.6) is 0 Å². The molecular weight excluding hydrogens is 190 g/mol. The van der Waals surface area contributed by atoms with Gasteiger partial charge >= 0.3 is 0 Å². The number of rotatable bonds is 3. The van der Waals surface area contributed by atoms with E-state index in [1.165, 1.54) is 0 Å². The number of nitrogens with zero attached hydrogens (tertiary/aromatic N) is 1. The number of piperidine rings is 1. The van der Waals surface area contributed by atoms with E-state index in [0.717, 1.165) is 39.0 Å². The Balaban J connectivity index is 1.97. The van der Waals surface area contributed by atoms with Crippen LogP contribution in [0, 0.1) is 11.8 Å². The lowest BCUT2D eigenvalue weighted by Crippen LogP contribution is -2.47. The minimum absolute atomic E-state index is 0.240. The molecule has 3 unspecified atom stereocenters. The van der Waals surface area contributed by atoms with Gasteiger partial charge in [-0.25, -0.2) is 0 Å². The molecule has 0 saturated carbocycles. The largest absolute Gasteiger partial charge is 0.354 e. The summed E-state index contributed by atoms with van der Waals surface area (Å²) in [5.41, 5.74) is 5.64. The molecule has 15 heavy (non-hydrogen) atoms. The third-order valence-corrected chi connectivity index (χ3v) is 3.66. The van der Waals surface area contributed by atoms with Crippen LogP contribution in [0.3, 0.4) is 0 Å². The number of nitrogens with one attached hydrogen (secondary N) is 1. The van der Waals surface area contributed by atoms with Crippen LogP contribution < -0.4 is 11.1 Å². The molecule has 2 aliphatic rings. The second-order valence-electron chi connectivity index (χ2n) is 4.90. The molecule has 4 heteroatoms. The van der Waals surface area contributed by atoms with Gasteiger partial charge in [-0.15, -0.1) is 0 Å². The molecular formula is C11H21N3O. The summed E-state index contributed by atoms with van der Waals surface area (Å²) in [5.74, 6) is 1.02. The third-order valence-electron chi connectivity index (χ3n) is 3.66. The van der Waals surface area contributed by atoms with Crippen molar-refractivity contribution in [2.24, 2.45) is 17.6 Å². The Morgan fingerprint density at radius 2 is 2.47 bits per heavy atom. The van der Waals surface area contributed by atoms with Gasteiger partial charge < -0.3 is 11.1 Å². The molecule has 3 N–H and O–H groups in total. The van der Waals surface area contributed by atoms with Crippen molar-refractivity contribution in [3.05, 3.63) is 0 Å². The molecule has 4 nitrogen and oxygen atoms in total. The van der Waals surface area contributed by atoms with E-state index in [1.54, 1.807) is 0 Å². The fraction of sp³-hybridized carbons (Fsp3) is 0.909. The molecule has 2 aliphatic heterocycles. The Labute approximate surface area is 91.2 Å². The molecule has 0 spiro atoms. The fourth-order valence-corrected chi connectivity index (χ4v) is 2.74. The van der Waals surface area contributed by atoms with Gasteiger partial charge in [0.1, 0.15) is 0 Å². The highest BCUT2D eigenvalue weighted by Gasteiger charge is 2.40. The maximum atomic E-state index is 11.5. The monoisotopic (exact) mass is 211 g/mol. The zero-order chi connectivity index (χ0) is 10.8. The average Bonchev–Trinajstić information content (AvgIpc) is 2.62. The van der Waals surface area contributed by atoms with Crippen LogP contribution in [0.2, 0.25) is 0 Å². The minimum Gasteiger partial charge on any atom is -0.354 e. The van der Waals surface area contributed by atoms with E-state index in [1.807, 2.05) is 0 Å². The molecule has 86 valence electrons. The Bertz CT molecular complexity index is 244. The standard InChI is InChI=1S/C11H21N3O/c1-8(5-12)7-14-4-2-3-9-10(14)6-13-11(9)15/h8-10H,2-7,12H2,1H3,(H,13,15). The Hall–Kier alpha value is -0.610. The van der Waals surface area contributed by atoms with E-state index in [4.69, 9.17) is 5.73 Å². The normalized spacial score (nSPS) is 33.6. The van der Waals surface area contributed by atoms with E-state index >= 15 is 0 Å². The first-order chi connectivity index (χ1) is 7.22. The highest BCUT2D eigenvalue weighted by atomic mass is 16.2. The quantitative estimate of drug-likeness (QED) is 0.679. The van der Waals surface area contributed by atoms with Gasteiger partial charge in [0.05, 0.1) is 5.92 Å². The summed E-state index contributed by atoms with van der Waals surface area (Å²) in [4.78, 5) is 14.0. The maximum Gasteiger partial charge on any atom is 0.224 e. The summed E-state index contributed by atoms with van der Waals surface area (Å²) in [6.07, 6.45) is 2.20. The number of carbonyl (C=O) groups excluding carboxylic acids is 1. The predicted octanol–water partition coefficient (Wildman–Crippen LogP) is -0.208. The summed E-state index contributed by atoms with van der Waals surface area (Å²) in [6, 6.07) is 0.431. The average molecular weight is 211 g/mol. The number of amides is 1. The van der Waals surface area contributed by atoms with Crippen molar-refractivity contribution >= 4 is 5.91 Å². The van der Waals surface area contributed by atoms with E-state index in [0.29, 0.717) is 12.0 Å². The van der Waals surface area contributed by atoms with E-state index in [-0.39, 0.29) is 11.8 Å². The van der Waals surface area contributed by atoms with Gasteiger partial charge in [-0.05, 0) is 31.8 Å². The van der Waals surface area contributed by atoms with Gasteiger partial charge in [0.25, 0.3) is 0 Å². The van der Waals surface area contributed by atoms with E-state index < -0.39 is 0 Å². The van der Waals surface area contributed by atoms with Crippen molar-refractivity contribution in [3.63, 3.8) is 0 Å². The van der Waals surface area contributed by atoms with Crippen molar-refractivity contribution in [2.75, 3.05) is 26.2 Å². The Morgan fingerprint density at radius 3 is 3.20 bits per heavy atom. The topological polar surface area (TPSA) is 58.4 Å². The number of carbonyl (C=O) groups is 1.